The van der Waals surface area contributed by atoms with E-state index >= 15 is 0 Å². The van der Waals surface area contributed by atoms with Crippen molar-refractivity contribution in [2.75, 3.05) is 26.8 Å². The Hall–Kier alpha value is -1.54. The van der Waals surface area contributed by atoms with Crippen LogP contribution in [0.2, 0.25) is 0 Å². The highest BCUT2D eigenvalue weighted by molar-refractivity contribution is 7.09. The fourth-order valence-electron chi connectivity index (χ4n) is 3.90. The molecule has 2 unspecified atom stereocenters. The summed E-state index contributed by atoms with van der Waals surface area (Å²) in [6, 6.07) is 4.04. The molecule has 0 bridgehead atoms. The highest BCUT2D eigenvalue weighted by atomic mass is 32.1. The van der Waals surface area contributed by atoms with Gasteiger partial charge in [0.1, 0.15) is 0 Å². The van der Waals surface area contributed by atoms with Gasteiger partial charge in [0.2, 0.25) is 5.88 Å². The summed E-state index contributed by atoms with van der Waals surface area (Å²) in [4.78, 5) is 11.2. The Kier molecular flexibility index (Phi) is 5.22. The van der Waals surface area contributed by atoms with E-state index in [1.165, 1.54) is 0 Å². The van der Waals surface area contributed by atoms with Gasteiger partial charge in [-0.1, -0.05) is 6.07 Å². The van der Waals surface area contributed by atoms with E-state index in [0.29, 0.717) is 19.1 Å². The Morgan fingerprint density at radius 2 is 2.38 bits per heavy atom. The summed E-state index contributed by atoms with van der Waals surface area (Å²) < 4.78 is 17.6. The number of methoxy groups -OCH3 is 1. The monoisotopic (exact) mass is 375 g/mol. The highest BCUT2D eigenvalue weighted by Gasteiger charge is 2.45. The van der Waals surface area contributed by atoms with Crippen molar-refractivity contribution in [2.45, 2.75) is 44.6 Å². The van der Waals surface area contributed by atoms with Crippen molar-refractivity contribution in [1.29, 1.82) is 0 Å². The maximum atomic E-state index is 6.20. The average Bonchev–Trinajstić information content (AvgIpc) is 3.35. The first-order valence-corrected chi connectivity index (χ1v) is 9.91. The molecule has 2 fully saturated rings. The second-order valence-electron chi connectivity index (χ2n) is 7.12. The van der Waals surface area contributed by atoms with Crippen LogP contribution >= 0.6 is 11.3 Å². The van der Waals surface area contributed by atoms with Crippen LogP contribution in [0.5, 0.6) is 5.88 Å². The van der Waals surface area contributed by atoms with Gasteiger partial charge in [0.25, 0.3) is 0 Å². The molecule has 2 atom stereocenters. The first-order chi connectivity index (χ1) is 12.7. The molecule has 140 valence electrons. The van der Waals surface area contributed by atoms with Gasteiger partial charge in [-0.25, -0.2) is 9.97 Å². The van der Waals surface area contributed by atoms with Gasteiger partial charge in [0.05, 0.1) is 42.7 Å². The number of pyridine rings is 1. The maximum absolute atomic E-state index is 6.20. The lowest BCUT2D eigenvalue weighted by Crippen LogP contribution is -2.33. The number of ether oxygens (including phenoxy) is 3. The largest absolute Gasteiger partial charge is 0.481 e. The van der Waals surface area contributed by atoms with E-state index in [-0.39, 0.29) is 11.7 Å². The molecule has 6 nitrogen and oxygen atoms in total. The molecule has 0 aliphatic carbocycles. The van der Waals surface area contributed by atoms with Crippen LogP contribution in [-0.4, -0.2) is 53.4 Å². The minimum absolute atomic E-state index is 0.0713. The fraction of sp³-hybridized carbons (Fsp3) is 0.579. The van der Waals surface area contributed by atoms with Gasteiger partial charge in [-0.05, 0) is 19.4 Å². The van der Waals surface area contributed by atoms with Crippen LogP contribution in [0.4, 0.5) is 0 Å². The van der Waals surface area contributed by atoms with Crippen LogP contribution < -0.4 is 4.74 Å². The van der Waals surface area contributed by atoms with Crippen LogP contribution in [-0.2, 0) is 22.6 Å². The quantitative estimate of drug-likeness (QED) is 0.774. The Balaban J connectivity index is 1.30. The Morgan fingerprint density at radius 1 is 1.46 bits per heavy atom. The van der Waals surface area contributed by atoms with Crippen molar-refractivity contribution in [3.8, 4) is 5.88 Å². The van der Waals surface area contributed by atoms with Crippen LogP contribution in [0.15, 0.2) is 23.7 Å². The van der Waals surface area contributed by atoms with E-state index in [1.807, 2.05) is 13.0 Å². The van der Waals surface area contributed by atoms with Gasteiger partial charge in [-0.2, -0.15) is 0 Å². The lowest BCUT2D eigenvalue weighted by Gasteiger charge is -2.23. The summed E-state index contributed by atoms with van der Waals surface area (Å²) in [5, 5.41) is 3.15. The van der Waals surface area contributed by atoms with Gasteiger partial charge in [-0.15, -0.1) is 11.3 Å². The van der Waals surface area contributed by atoms with Gasteiger partial charge in [0, 0.05) is 43.2 Å². The zero-order valence-electron chi connectivity index (χ0n) is 15.3. The number of hydrogen-bond acceptors (Lipinski definition) is 7. The molecule has 2 aromatic heterocycles. The van der Waals surface area contributed by atoms with E-state index in [2.05, 4.69) is 26.3 Å². The summed E-state index contributed by atoms with van der Waals surface area (Å²) in [6.07, 6.45) is 3.92. The standard InChI is InChI=1S/C19H25N3O3S/c1-14-21-16(12-26-14)10-24-17-8-19(25-11-17)5-7-22(13-19)9-15-4-3-6-20-18(15)23-2/h3-4,6,12,17H,5,7-11,13H2,1-2H3. The molecule has 4 rings (SSSR count). The summed E-state index contributed by atoms with van der Waals surface area (Å²) in [5.74, 6) is 0.709. The minimum atomic E-state index is -0.0713. The molecule has 2 aliphatic heterocycles. The molecule has 0 saturated carbocycles. The van der Waals surface area contributed by atoms with E-state index in [4.69, 9.17) is 14.2 Å². The van der Waals surface area contributed by atoms with Crippen molar-refractivity contribution >= 4 is 11.3 Å². The number of thiazole rings is 1. The second-order valence-corrected chi connectivity index (χ2v) is 8.18. The summed E-state index contributed by atoms with van der Waals surface area (Å²) in [7, 11) is 1.67. The molecular formula is C19H25N3O3S. The predicted octanol–water partition coefficient (Wildman–Crippen LogP) is 2.81. The van der Waals surface area contributed by atoms with Crippen LogP contribution in [0.1, 0.15) is 29.1 Å². The fourth-order valence-corrected chi connectivity index (χ4v) is 4.50. The third kappa shape index (κ3) is 3.91. The highest BCUT2D eigenvalue weighted by Crippen LogP contribution is 2.37. The lowest BCUT2D eigenvalue weighted by atomic mass is 9.98. The second kappa shape index (κ2) is 7.60. The third-order valence-corrected chi connectivity index (χ3v) is 5.96. The van der Waals surface area contributed by atoms with E-state index in [0.717, 1.165) is 48.7 Å². The van der Waals surface area contributed by atoms with Crippen molar-refractivity contribution in [3.05, 3.63) is 40.0 Å². The molecular weight excluding hydrogens is 350 g/mol. The molecule has 2 saturated heterocycles. The van der Waals surface area contributed by atoms with Gasteiger partial charge in [0.15, 0.2) is 0 Å². The minimum Gasteiger partial charge on any atom is -0.481 e. The Bertz CT molecular complexity index is 753. The van der Waals surface area contributed by atoms with E-state index < -0.39 is 0 Å². The van der Waals surface area contributed by atoms with Crippen LogP contribution in [0, 0.1) is 6.92 Å². The number of nitrogens with zero attached hydrogens (tertiary/aromatic N) is 3. The normalized spacial score (nSPS) is 26.0. The van der Waals surface area contributed by atoms with Crippen LogP contribution in [0.25, 0.3) is 0 Å². The first kappa shape index (κ1) is 17.9. The van der Waals surface area contributed by atoms with E-state index in [9.17, 15) is 0 Å². The van der Waals surface area contributed by atoms with Gasteiger partial charge >= 0.3 is 0 Å². The van der Waals surface area contributed by atoms with Crippen molar-refractivity contribution in [1.82, 2.24) is 14.9 Å². The molecule has 2 aliphatic rings. The maximum Gasteiger partial charge on any atom is 0.217 e. The smallest absolute Gasteiger partial charge is 0.217 e. The van der Waals surface area contributed by atoms with Crippen molar-refractivity contribution in [3.63, 3.8) is 0 Å². The number of aromatic nitrogens is 2. The molecule has 1 spiro atoms. The molecule has 0 radical (unpaired) electrons. The zero-order chi connectivity index (χ0) is 18.0. The van der Waals surface area contributed by atoms with Crippen LogP contribution in [0.3, 0.4) is 0 Å². The zero-order valence-corrected chi connectivity index (χ0v) is 16.1. The number of rotatable bonds is 6. The molecule has 4 heterocycles. The first-order valence-electron chi connectivity index (χ1n) is 9.03. The topological polar surface area (TPSA) is 56.7 Å². The van der Waals surface area contributed by atoms with Crippen molar-refractivity contribution < 1.29 is 14.2 Å². The lowest BCUT2D eigenvalue weighted by molar-refractivity contribution is -0.000782. The number of hydrogen-bond donors (Lipinski definition) is 0. The van der Waals surface area contributed by atoms with E-state index in [1.54, 1.807) is 24.6 Å². The third-order valence-electron chi connectivity index (χ3n) is 5.14. The van der Waals surface area contributed by atoms with Gasteiger partial charge in [-0.3, -0.25) is 4.90 Å². The molecule has 0 N–H and O–H groups in total. The Labute approximate surface area is 158 Å². The summed E-state index contributed by atoms with van der Waals surface area (Å²) >= 11 is 1.67. The molecule has 0 aromatic carbocycles. The van der Waals surface area contributed by atoms with Gasteiger partial charge < -0.3 is 14.2 Å². The van der Waals surface area contributed by atoms with Crippen molar-refractivity contribution in [2.24, 2.45) is 0 Å². The summed E-state index contributed by atoms with van der Waals surface area (Å²) in [6.45, 7) is 6.06. The molecule has 26 heavy (non-hydrogen) atoms. The molecule has 2 aromatic rings. The molecule has 7 heteroatoms. The summed E-state index contributed by atoms with van der Waals surface area (Å²) in [5.41, 5.74) is 2.07. The average molecular weight is 375 g/mol. The molecule has 0 amide bonds. The SMILES string of the molecule is COc1ncccc1CN1CCC2(CC(OCc3csc(C)n3)CO2)C1. The Morgan fingerprint density at radius 3 is 3.19 bits per heavy atom. The number of aryl methyl sites for hydroxylation is 1. The predicted molar refractivity (Wildman–Crippen MR) is 99.4 cm³/mol. The number of likely N-dealkylation sites (tertiary alicyclic amines) is 1.